The first-order chi connectivity index (χ1) is 19.9. The highest BCUT2D eigenvalue weighted by atomic mass is 16.5. The molecule has 2 aliphatic rings. The number of benzene rings is 3. The molecule has 1 aliphatic heterocycles. The minimum atomic E-state index is -0.574. The van der Waals surface area contributed by atoms with Gasteiger partial charge in [0.1, 0.15) is 11.5 Å². The van der Waals surface area contributed by atoms with Crippen molar-refractivity contribution >= 4 is 17.4 Å². The van der Waals surface area contributed by atoms with Gasteiger partial charge in [0.05, 0.1) is 34.1 Å². The van der Waals surface area contributed by atoms with Crippen LogP contribution < -0.4 is 29.6 Å². The monoisotopic (exact) mass is 554 g/mol. The Hall–Kier alpha value is -4.72. The van der Waals surface area contributed by atoms with Gasteiger partial charge in [-0.2, -0.15) is 0 Å². The van der Waals surface area contributed by atoms with E-state index in [0.29, 0.717) is 58.4 Å². The Morgan fingerprint density at radius 1 is 0.805 bits per heavy atom. The van der Waals surface area contributed by atoms with Crippen LogP contribution in [0.3, 0.4) is 0 Å². The molecule has 8 heteroatoms. The van der Waals surface area contributed by atoms with Crippen LogP contribution in [0.15, 0.2) is 89.3 Å². The molecule has 0 saturated heterocycles. The van der Waals surface area contributed by atoms with Crippen LogP contribution in [0, 0.1) is 0 Å². The van der Waals surface area contributed by atoms with Gasteiger partial charge in [0.25, 0.3) is 5.91 Å². The number of carbonyl (C=O) groups excluding carboxylic acids is 2. The van der Waals surface area contributed by atoms with Crippen LogP contribution in [0.2, 0.25) is 0 Å². The first-order valence-electron chi connectivity index (χ1n) is 13.4. The van der Waals surface area contributed by atoms with Crippen molar-refractivity contribution in [2.45, 2.75) is 31.6 Å². The summed E-state index contributed by atoms with van der Waals surface area (Å²) in [5.74, 6) is 1.50. The van der Waals surface area contributed by atoms with Gasteiger partial charge in [-0.3, -0.25) is 9.59 Å². The number of amides is 1. The van der Waals surface area contributed by atoms with E-state index in [-0.39, 0.29) is 17.6 Å². The Labute approximate surface area is 240 Å². The summed E-state index contributed by atoms with van der Waals surface area (Å²) in [7, 11) is 6.35. The fourth-order valence-electron chi connectivity index (χ4n) is 5.77. The van der Waals surface area contributed by atoms with Crippen molar-refractivity contribution in [2.75, 3.05) is 33.8 Å². The predicted octanol–water partition coefficient (Wildman–Crippen LogP) is 5.72. The van der Waals surface area contributed by atoms with Gasteiger partial charge in [-0.05, 0) is 66.8 Å². The highest BCUT2D eigenvalue weighted by Crippen LogP contribution is 2.47. The molecular weight excluding hydrogens is 520 g/mol. The molecule has 0 aromatic heterocycles. The van der Waals surface area contributed by atoms with Crippen LogP contribution in [0.25, 0.3) is 0 Å². The minimum absolute atomic E-state index is 0.0125. The average Bonchev–Trinajstić information content (AvgIpc) is 3.00. The van der Waals surface area contributed by atoms with Crippen LogP contribution >= 0.6 is 0 Å². The number of methoxy groups -OCH3 is 4. The van der Waals surface area contributed by atoms with Gasteiger partial charge in [0.15, 0.2) is 17.3 Å². The van der Waals surface area contributed by atoms with E-state index < -0.39 is 5.92 Å². The minimum Gasteiger partial charge on any atom is -0.497 e. The van der Waals surface area contributed by atoms with Crippen LogP contribution in [-0.4, -0.2) is 40.1 Å². The van der Waals surface area contributed by atoms with E-state index in [1.54, 1.807) is 40.6 Å². The number of para-hydroxylation sites is 2. The molecule has 2 N–H and O–H groups in total. The number of nitrogens with one attached hydrogen (secondary N) is 2. The van der Waals surface area contributed by atoms with Crippen molar-refractivity contribution in [3.8, 4) is 23.0 Å². The van der Waals surface area contributed by atoms with Gasteiger partial charge < -0.3 is 29.6 Å². The second kappa shape index (κ2) is 11.8. The van der Waals surface area contributed by atoms with Gasteiger partial charge in [-0.25, -0.2) is 0 Å². The molecule has 8 nitrogen and oxygen atoms in total. The summed E-state index contributed by atoms with van der Waals surface area (Å²) in [4.78, 5) is 27.9. The molecule has 41 heavy (non-hydrogen) atoms. The van der Waals surface area contributed by atoms with Gasteiger partial charge in [-0.1, -0.05) is 30.3 Å². The van der Waals surface area contributed by atoms with Crippen molar-refractivity contribution in [2.24, 2.45) is 0 Å². The number of hydrogen-bond donors (Lipinski definition) is 2. The quantitative estimate of drug-likeness (QED) is 0.368. The van der Waals surface area contributed by atoms with Crippen molar-refractivity contribution in [3.63, 3.8) is 0 Å². The lowest BCUT2D eigenvalue weighted by Crippen LogP contribution is -2.37. The average molecular weight is 555 g/mol. The predicted molar refractivity (Wildman–Crippen MR) is 157 cm³/mol. The zero-order valence-corrected chi connectivity index (χ0v) is 23.9. The number of hydrogen-bond acceptors (Lipinski definition) is 7. The van der Waals surface area contributed by atoms with Crippen LogP contribution in [-0.2, 0) is 9.59 Å². The van der Waals surface area contributed by atoms with E-state index in [1.165, 1.54) is 0 Å². The summed E-state index contributed by atoms with van der Waals surface area (Å²) in [5, 5.41) is 6.44. The maximum absolute atomic E-state index is 14.0. The molecule has 212 valence electrons. The normalized spacial score (nSPS) is 18.3. The molecule has 5 rings (SSSR count). The van der Waals surface area contributed by atoms with Crippen molar-refractivity contribution in [3.05, 3.63) is 100 Å². The molecule has 0 fully saturated rings. The van der Waals surface area contributed by atoms with Gasteiger partial charge in [-0.15, -0.1) is 0 Å². The van der Waals surface area contributed by atoms with E-state index in [0.717, 1.165) is 16.8 Å². The number of carbonyl (C=O) groups is 2. The first kappa shape index (κ1) is 27.8. The molecule has 0 spiro atoms. The summed E-state index contributed by atoms with van der Waals surface area (Å²) in [6, 6.07) is 20.6. The third-order valence-electron chi connectivity index (χ3n) is 7.73. The SMILES string of the molecule is COc1cccc(C2C(C(=O)Nc3ccccc3OC)=C(C)NC3=C2C(=O)CC(c2ccc(OC)c(OC)c2)C3)c1. The second-order valence-electron chi connectivity index (χ2n) is 10.1. The van der Waals surface area contributed by atoms with Crippen LogP contribution in [0.4, 0.5) is 5.69 Å². The zero-order valence-electron chi connectivity index (χ0n) is 23.9. The molecule has 1 amide bonds. The van der Waals surface area contributed by atoms with Crippen molar-refractivity contribution < 1.29 is 28.5 Å². The number of ether oxygens (including phenoxy) is 4. The van der Waals surface area contributed by atoms with E-state index >= 15 is 0 Å². The summed E-state index contributed by atoms with van der Waals surface area (Å²) in [6.45, 7) is 1.87. The lowest BCUT2D eigenvalue weighted by molar-refractivity contribution is -0.116. The fraction of sp³-hybridized carbons (Fsp3) is 0.273. The second-order valence-corrected chi connectivity index (χ2v) is 10.1. The summed E-state index contributed by atoms with van der Waals surface area (Å²) in [6.07, 6.45) is 0.909. The lowest BCUT2D eigenvalue weighted by Gasteiger charge is -2.37. The summed E-state index contributed by atoms with van der Waals surface area (Å²) >= 11 is 0. The number of allylic oxidation sites excluding steroid dienone is 3. The van der Waals surface area contributed by atoms with E-state index in [4.69, 9.17) is 18.9 Å². The third kappa shape index (κ3) is 5.37. The maximum Gasteiger partial charge on any atom is 0.254 e. The molecule has 0 saturated carbocycles. The molecule has 0 bridgehead atoms. The van der Waals surface area contributed by atoms with E-state index in [9.17, 15) is 9.59 Å². The number of rotatable bonds is 8. The molecule has 2 atom stereocenters. The van der Waals surface area contributed by atoms with Gasteiger partial charge in [0.2, 0.25) is 0 Å². The largest absolute Gasteiger partial charge is 0.497 e. The molecule has 2 unspecified atom stereocenters. The maximum atomic E-state index is 14.0. The number of Topliss-reactive ketones (excluding diaryl/α,β-unsaturated/α-hetero) is 1. The van der Waals surface area contributed by atoms with Gasteiger partial charge >= 0.3 is 0 Å². The number of anilines is 1. The molecule has 3 aromatic carbocycles. The van der Waals surface area contributed by atoms with Crippen LogP contribution in [0.5, 0.6) is 23.0 Å². The molecular formula is C33H34N2O6. The molecule has 1 aliphatic carbocycles. The Balaban J connectivity index is 1.56. The Bertz CT molecular complexity index is 1560. The first-order valence-corrected chi connectivity index (χ1v) is 13.4. The summed E-state index contributed by atoms with van der Waals surface area (Å²) in [5.41, 5.74) is 4.92. The van der Waals surface area contributed by atoms with Crippen LogP contribution in [0.1, 0.15) is 42.7 Å². The van der Waals surface area contributed by atoms with E-state index in [1.807, 2.05) is 61.5 Å². The molecule has 0 radical (unpaired) electrons. The van der Waals surface area contributed by atoms with E-state index in [2.05, 4.69) is 10.6 Å². The smallest absolute Gasteiger partial charge is 0.254 e. The zero-order chi connectivity index (χ0) is 29.1. The highest BCUT2D eigenvalue weighted by molar-refractivity contribution is 6.10. The molecule has 1 heterocycles. The lowest BCUT2D eigenvalue weighted by atomic mass is 9.71. The third-order valence-corrected chi connectivity index (χ3v) is 7.73. The number of ketones is 1. The topological polar surface area (TPSA) is 95.1 Å². The fourth-order valence-corrected chi connectivity index (χ4v) is 5.77. The van der Waals surface area contributed by atoms with Gasteiger partial charge in [0, 0.05) is 34.9 Å². The highest BCUT2D eigenvalue weighted by Gasteiger charge is 2.41. The standard InChI is InChI=1S/C33H34N2O6/c1-19-30(33(37)35-24-11-6-7-12-27(24)39-3)31(21-9-8-10-23(15-21)38-2)32-25(34-19)16-22(17-26(32)36)20-13-14-28(40-4)29(18-20)41-5/h6-15,18,22,31,34H,16-17H2,1-5H3,(H,35,37). The van der Waals surface area contributed by atoms with Crippen molar-refractivity contribution in [1.29, 1.82) is 0 Å². The Morgan fingerprint density at radius 2 is 1.56 bits per heavy atom. The molecule has 3 aromatic rings. The summed E-state index contributed by atoms with van der Waals surface area (Å²) < 4.78 is 21.9. The Morgan fingerprint density at radius 3 is 2.29 bits per heavy atom. The Kier molecular flexibility index (Phi) is 8.01. The number of dihydropyridines is 1. The van der Waals surface area contributed by atoms with Crippen molar-refractivity contribution in [1.82, 2.24) is 5.32 Å².